The molecule has 0 aliphatic carbocycles. The molecule has 0 aliphatic rings. The van der Waals surface area contributed by atoms with Crippen LogP contribution in [-0.2, 0) is 0 Å². The Kier molecular flexibility index (Phi) is 4.45. The Balaban J connectivity index is 2.15. The molecular formula is C14H13ClN2OS. The van der Waals surface area contributed by atoms with Gasteiger partial charge in [0.15, 0.2) is 0 Å². The number of pyridine rings is 1. The number of carbonyl (C=O) groups excluding carboxylic acids is 1. The lowest BCUT2D eigenvalue weighted by Gasteiger charge is -2.08. The molecule has 0 atom stereocenters. The van der Waals surface area contributed by atoms with Gasteiger partial charge >= 0.3 is 0 Å². The van der Waals surface area contributed by atoms with Crippen LogP contribution in [0.3, 0.4) is 0 Å². The highest BCUT2D eigenvalue weighted by Crippen LogP contribution is 2.18. The van der Waals surface area contributed by atoms with Gasteiger partial charge in [-0.2, -0.15) is 0 Å². The average Bonchev–Trinajstić information content (AvgIpc) is 2.42. The van der Waals surface area contributed by atoms with Gasteiger partial charge in [-0.3, -0.25) is 4.79 Å². The lowest BCUT2D eigenvalue weighted by atomic mass is 10.2. The summed E-state index contributed by atoms with van der Waals surface area (Å²) in [5.41, 5.74) is 1.98. The molecule has 0 fully saturated rings. The molecule has 2 aromatic rings. The molecule has 98 valence electrons. The van der Waals surface area contributed by atoms with Crippen molar-refractivity contribution >= 4 is 35.0 Å². The van der Waals surface area contributed by atoms with E-state index in [1.54, 1.807) is 43.0 Å². The van der Waals surface area contributed by atoms with Crippen molar-refractivity contribution in [2.24, 2.45) is 0 Å². The van der Waals surface area contributed by atoms with E-state index in [0.717, 1.165) is 4.90 Å². The number of amides is 1. The van der Waals surface area contributed by atoms with Crippen LogP contribution in [0.1, 0.15) is 16.1 Å². The summed E-state index contributed by atoms with van der Waals surface area (Å²) in [6.07, 6.45) is 2.00. The van der Waals surface area contributed by atoms with Gasteiger partial charge in [0, 0.05) is 10.5 Å². The first-order valence-corrected chi connectivity index (χ1v) is 7.29. The van der Waals surface area contributed by atoms with Gasteiger partial charge in [0.05, 0.1) is 11.4 Å². The van der Waals surface area contributed by atoms with Crippen molar-refractivity contribution < 1.29 is 4.79 Å². The molecule has 1 aromatic heterocycles. The Morgan fingerprint density at radius 3 is 2.47 bits per heavy atom. The van der Waals surface area contributed by atoms with Crippen LogP contribution in [0, 0.1) is 6.92 Å². The number of aromatic nitrogens is 1. The Morgan fingerprint density at radius 1 is 1.21 bits per heavy atom. The number of aryl methyl sites for hydroxylation is 1. The first kappa shape index (κ1) is 13.9. The summed E-state index contributed by atoms with van der Waals surface area (Å²) < 4.78 is 0. The monoisotopic (exact) mass is 292 g/mol. The second-order valence-corrected chi connectivity index (χ2v) is 5.22. The van der Waals surface area contributed by atoms with E-state index in [-0.39, 0.29) is 5.91 Å². The minimum atomic E-state index is -0.153. The number of nitrogens with one attached hydrogen (secondary N) is 1. The Morgan fingerprint density at radius 2 is 1.89 bits per heavy atom. The highest BCUT2D eigenvalue weighted by Gasteiger charge is 2.08. The third-order valence-electron chi connectivity index (χ3n) is 2.65. The normalized spacial score (nSPS) is 10.3. The summed E-state index contributed by atoms with van der Waals surface area (Å²) in [7, 11) is 0. The highest BCUT2D eigenvalue weighted by atomic mass is 35.5. The quantitative estimate of drug-likeness (QED) is 0.686. The van der Waals surface area contributed by atoms with Crippen LogP contribution in [0.4, 0.5) is 5.69 Å². The maximum absolute atomic E-state index is 12.1. The van der Waals surface area contributed by atoms with E-state index in [1.165, 1.54) is 0 Å². The van der Waals surface area contributed by atoms with Crippen LogP contribution in [0.5, 0.6) is 0 Å². The van der Waals surface area contributed by atoms with Crippen LogP contribution >= 0.6 is 23.4 Å². The van der Waals surface area contributed by atoms with Crippen molar-refractivity contribution in [1.82, 2.24) is 4.98 Å². The molecule has 0 bridgehead atoms. The van der Waals surface area contributed by atoms with Crippen molar-refractivity contribution in [3.63, 3.8) is 0 Å². The molecule has 0 saturated carbocycles. The zero-order valence-corrected chi connectivity index (χ0v) is 12.2. The SMILES string of the molecule is CSc1ccc(C(=O)Nc2ccc(Cl)nc2C)cc1. The van der Waals surface area contributed by atoms with Gasteiger partial charge in [0.2, 0.25) is 0 Å². The molecule has 0 radical (unpaired) electrons. The van der Waals surface area contributed by atoms with Gasteiger partial charge in [-0.05, 0) is 49.6 Å². The molecule has 2 rings (SSSR count). The van der Waals surface area contributed by atoms with E-state index >= 15 is 0 Å². The number of hydrogen-bond donors (Lipinski definition) is 1. The van der Waals surface area contributed by atoms with Gasteiger partial charge in [-0.25, -0.2) is 4.98 Å². The number of hydrogen-bond acceptors (Lipinski definition) is 3. The van der Waals surface area contributed by atoms with E-state index in [9.17, 15) is 4.79 Å². The molecule has 0 saturated heterocycles. The van der Waals surface area contributed by atoms with Crippen molar-refractivity contribution in [1.29, 1.82) is 0 Å². The fourth-order valence-electron chi connectivity index (χ4n) is 1.60. The lowest BCUT2D eigenvalue weighted by Crippen LogP contribution is -2.13. The first-order valence-electron chi connectivity index (χ1n) is 5.68. The molecule has 3 nitrogen and oxygen atoms in total. The zero-order valence-electron chi connectivity index (χ0n) is 10.6. The largest absolute Gasteiger partial charge is 0.320 e. The summed E-state index contributed by atoms with van der Waals surface area (Å²) in [4.78, 5) is 17.3. The highest BCUT2D eigenvalue weighted by molar-refractivity contribution is 7.98. The smallest absolute Gasteiger partial charge is 0.255 e. The second kappa shape index (κ2) is 6.08. The van der Waals surface area contributed by atoms with Gasteiger partial charge in [0.1, 0.15) is 5.15 Å². The first-order chi connectivity index (χ1) is 9.10. The molecule has 0 aliphatic heterocycles. The van der Waals surface area contributed by atoms with Gasteiger partial charge in [0.25, 0.3) is 5.91 Å². The topological polar surface area (TPSA) is 42.0 Å². The van der Waals surface area contributed by atoms with Crippen LogP contribution in [-0.4, -0.2) is 17.1 Å². The van der Waals surface area contributed by atoms with E-state index in [2.05, 4.69) is 10.3 Å². The third-order valence-corrected chi connectivity index (χ3v) is 3.61. The Hall–Kier alpha value is -1.52. The summed E-state index contributed by atoms with van der Waals surface area (Å²) >= 11 is 7.42. The van der Waals surface area contributed by atoms with Gasteiger partial charge < -0.3 is 5.32 Å². The van der Waals surface area contributed by atoms with Crippen LogP contribution in [0.15, 0.2) is 41.3 Å². The predicted octanol–water partition coefficient (Wildman–Crippen LogP) is 4.02. The number of nitrogens with zero attached hydrogens (tertiary/aromatic N) is 1. The summed E-state index contributed by atoms with van der Waals surface area (Å²) in [6, 6.07) is 10.9. The Labute approximate surface area is 121 Å². The number of benzene rings is 1. The van der Waals surface area contributed by atoms with Crippen LogP contribution < -0.4 is 5.32 Å². The lowest BCUT2D eigenvalue weighted by molar-refractivity contribution is 0.102. The number of anilines is 1. The van der Waals surface area contributed by atoms with E-state index in [0.29, 0.717) is 22.1 Å². The molecule has 19 heavy (non-hydrogen) atoms. The maximum Gasteiger partial charge on any atom is 0.255 e. The second-order valence-electron chi connectivity index (χ2n) is 3.95. The number of halogens is 1. The summed E-state index contributed by atoms with van der Waals surface area (Å²) in [5, 5.41) is 3.24. The van der Waals surface area contributed by atoms with Crippen molar-refractivity contribution in [2.75, 3.05) is 11.6 Å². The molecule has 0 unspecified atom stereocenters. The molecule has 1 aromatic carbocycles. The van der Waals surface area contributed by atoms with E-state index in [1.807, 2.05) is 18.4 Å². The van der Waals surface area contributed by atoms with Crippen LogP contribution in [0.2, 0.25) is 5.15 Å². The third kappa shape index (κ3) is 3.49. The molecule has 1 N–H and O–H groups in total. The average molecular weight is 293 g/mol. The van der Waals surface area contributed by atoms with Crippen molar-refractivity contribution in [3.8, 4) is 0 Å². The van der Waals surface area contributed by atoms with Crippen LogP contribution in [0.25, 0.3) is 0 Å². The standard InChI is InChI=1S/C14H13ClN2OS/c1-9-12(7-8-13(15)16-9)17-14(18)10-3-5-11(19-2)6-4-10/h3-8H,1-2H3,(H,17,18). The molecule has 1 amide bonds. The fraction of sp³-hybridized carbons (Fsp3) is 0.143. The molecule has 5 heteroatoms. The summed E-state index contributed by atoms with van der Waals surface area (Å²) in [5.74, 6) is -0.153. The van der Waals surface area contributed by atoms with Gasteiger partial charge in [-0.15, -0.1) is 11.8 Å². The zero-order chi connectivity index (χ0) is 13.8. The Bertz CT molecular complexity index is 599. The fourth-order valence-corrected chi connectivity index (χ4v) is 2.20. The minimum absolute atomic E-state index is 0.153. The van der Waals surface area contributed by atoms with E-state index < -0.39 is 0 Å². The van der Waals surface area contributed by atoms with Crippen molar-refractivity contribution in [3.05, 3.63) is 52.8 Å². The van der Waals surface area contributed by atoms with Gasteiger partial charge in [-0.1, -0.05) is 11.6 Å². The number of carbonyl (C=O) groups is 1. The molecule has 0 spiro atoms. The minimum Gasteiger partial charge on any atom is -0.320 e. The van der Waals surface area contributed by atoms with E-state index in [4.69, 9.17) is 11.6 Å². The van der Waals surface area contributed by atoms with Crippen molar-refractivity contribution in [2.45, 2.75) is 11.8 Å². The molecular weight excluding hydrogens is 280 g/mol. The summed E-state index contributed by atoms with van der Waals surface area (Å²) in [6.45, 7) is 1.80. The number of thioether (sulfide) groups is 1. The maximum atomic E-state index is 12.1. The predicted molar refractivity (Wildman–Crippen MR) is 80.2 cm³/mol. The number of rotatable bonds is 3. The molecule has 1 heterocycles.